The average Bonchev–Trinajstić information content (AvgIpc) is 2.60. The lowest BCUT2D eigenvalue weighted by Gasteiger charge is -2.04. The van der Waals surface area contributed by atoms with E-state index in [4.69, 9.17) is 9.84 Å². The number of rotatable bonds is 19. The number of carboxylic acid groups (broad SMARTS) is 1. The summed E-state index contributed by atoms with van der Waals surface area (Å²) in [6, 6.07) is 0. The minimum Gasteiger partial charge on any atom is -0.465 e. The summed E-state index contributed by atoms with van der Waals surface area (Å²) >= 11 is 0. The first kappa shape index (κ1) is 24.0. The fourth-order valence-electron chi connectivity index (χ4n) is 2.72. The van der Waals surface area contributed by atoms with Gasteiger partial charge in [-0.05, 0) is 44.9 Å². The molecule has 0 aromatic heterocycles. The lowest BCUT2D eigenvalue weighted by atomic mass is 10.1. The number of unbranched alkanes of at least 4 members (excludes halogenated alkanes) is 11. The second-order valence-electron chi connectivity index (χ2n) is 6.78. The Bertz CT molecular complexity index is 306. The van der Waals surface area contributed by atoms with Gasteiger partial charge >= 0.3 is 6.09 Å². The third-order valence-corrected chi connectivity index (χ3v) is 4.29. The van der Waals surface area contributed by atoms with Gasteiger partial charge in [0.1, 0.15) is 0 Å². The number of amides is 1. The maximum absolute atomic E-state index is 10.3. The van der Waals surface area contributed by atoms with Crippen LogP contribution in [0.5, 0.6) is 0 Å². The summed E-state index contributed by atoms with van der Waals surface area (Å²) in [5, 5.41) is 10.8. The van der Waals surface area contributed by atoms with Gasteiger partial charge in [-0.1, -0.05) is 64.0 Å². The Balaban J connectivity index is 3.06. The predicted molar refractivity (Wildman–Crippen MR) is 106 cm³/mol. The second-order valence-corrected chi connectivity index (χ2v) is 6.78. The minimum atomic E-state index is -0.929. The third kappa shape index (κ3) is 23.0. The first-order valence-electron chi connectivity index (χ1n) is 10.5. The van der Waals surface area contributed by atoms with Gasteiger partial charge in [0.25, 0.3) is 0 Å². The lowest BCUT2D eigenvalue weighted by Crippen LogP contribution is -2.21. The number of hydrogen-bond acceptors (Lipinski definition) is 2. The third-order valence-electron chi connectivity index (χ3n) is 4.29. The van der Waals surface area contributed by atoms with Gasteiger partial charge in [-0.15, -0.1) is 0 Å². The molecule has 0 saturated carbocycles. The predicted octanol–water partition coefficient (Wildman–Crippen LogP) is 6.31. The van der Waals surface area contributed by atoms with Crippen LogP contribution in [-0.2, 0) is 4.74 Å². The standard InChI is InChI=1S/C21H41NO3/c1-2-3-4-5-10-13-16-19-25-20-17-14-11-8-6-7-9-12-15-18-22-21(23)24/h6-7,22H,2-5,8-20H2,1H3,(H,23,24)/b7-6-. The molecule has 0 spiro atoms. The minimum absolute atomic E-state index is 0.558. The molecule has 148 valence electrons. The molecule has 0 fully saturated rings. The van der Waals surface area contributed by atoms with E-state index in [0.29, 0.717) is 6.54 Å². The smallest absolute Gasteiger partial charge is 0.404 e. The molecule has 0 aliphatic heterocycles. The Morgan fingerprint density at radius 2 is 1.32 bits per heavy atom. The number of carbonyl (C=O) groups is 1. The number of hydrogen-bond donors (Lipinski definition) is 2. The van der Waals surface area contributed by atoms with Crippen LogP contribution < -0.4 is 5.32 Å². The van der Waals surface area contributed by atoms with Gasteiger partial charge in [0.2, 0.25) is 0 Å². The van der Waals surface area contributed by atoms with E-state index in [9.17, 15) is 4.79 Å². The topological polar surface area (TPSA) is 58.6 Å². The monoisotopic (exact) mass is 355 g/mol. The largest absolute Gasteiger partial charge is 0.465 e. The molecule has 0 heterocycles. The molecule has 0 aliphatic rings. The van der Waals surface area contributed by atoms with Gasteiger partial charge in [0.05, 0.1) is 0 Å². The highest BCUT2D eigenvalue weighted by atomic mass is 16.5. The van der Waals surface area contributed by atoms with E-state index in [1.165, 1.54) is 64.2 Å². The summed E-state index contributed by atoms with van der Waals surface area (Å²) in [6.07, 6.45) is 20.7. The summed E-state index contributed by atoms with van der Waals surface area (Å²) in [7, 11) is 0. The Kier molecular flexibility index (Phi) is 20.1. The highest BCUT2D eigenvalue weighted by molar-refractivity contribution is 5.64. The van der Waals surface area contributed by atoms with Crippen LogP contribution in [0.15, 0.2) is 12.2 Å². The normalized spacial score (nSPS) is 11.2. The molecule has 0 saturated heterocycles. The first-order chi connectivity index (χ1) is 12.3. The SMILES string of the molecule is CCCCCCCCCOCCCCC/C=C\CCCCNC(=O)O. The van der Waals surface area contributed by atoms with Crippen molar-refractivity contribution in [1.82, 2.24) is 5.32 Å². The van der Waals surface area contributed by atoms with Crippen LogP contribution in [-0.4, -0.2) is 31.0 Å². The molecule has 0 rings (SSSR count). The number of allylic oxidation sites excluding steroid dienone is 2. The molecule has 4 nitrogen and oxygen atoms in total. The van der Waals surface area contributed by atoms with E-state index in [2.05, 4.69) is 24.4 Å². The van der Waals surface area contributed by atoms with E-state index < -0.39 is 6.09 Å². The number of nitrogens with one attached hydrogen (secondary N) is 1. The van der Waals surface area contributed by atoms with Gasteiger partial charge in [-0.2, -0.15) is 0 Å². The van der Waals surface area contributed by atoms with E-state index >= 15 is 0 Å². The van der Waals surface area contributed by atoms with E-state index in [1.807, 2.05) is 0 Å². The van der Waals surface area contributed by atoms with Crippen molar-refractivity contribution in [3.63, 3.8) is 0 Å². The Hall–Kier alpha value is -1.03. The summed E-state index contributed by atoms with van der Waals surface area (Å²) in [5.74, 6) is 0. The van der Waals surface area contributed by atoms with Crippen LogP contribution in [0.1, 0.15) is 96.8 Å². The van der Waals surface area contributed by atoms with Crippen molar-refractivity contribution >= 4 is 6.09 Å². The van der Waals surface area contributed by atoms with E-state index in [0.717, 1.165) is 38.9 Å². The van der Waals surface area contributed by atoms with E-state index in [1.54, 1.807) is 0 Å². The van der Waals surface area contributed by atoms with Crippen molar-refractivity contribution in [3.05, 3.63) is 12.2 Å². The van der Waals surface area contributed by atoms with Crippen molar-refractivity contribution in [2.45, 2.75) is 96.8 Å². The van der Waals surface area contributed by atoms with Crippen molar-refractivity contribution < 1.29 is 14.6 Å². The maximum Gasteiger partial charge on any atom is 0.404 e. The van der Waals surface area contributed by atoms with Crippen LogP contribution in [0.2, 0.25) is 0 Å². The molecule has 0 aromatic rings. The van der Waals surface area contributed by atoms with Crippen LogP contribution in [0.25, 0.3) is 0 Å². The summed E-state index contributed by atoms with van der Waals surface area (Å²) in [5.41, 5.74) is 0. The zero-order valence-electron chi connectivity index (χ0n) is 16.4. The first-order valence-corrected chi connectivity index (χ1v) is 10.5. The van der Waals surface area contributed by atoms with Crippen molar-refractivity contribution in [2.24, 2.45) is 0 Å². The van der Waals surface area contributed by atoms with Crippen molar-refractivity contribution in [3.8, 4) is 0 Å². The summed E-state index contributed by atoms with van der Waals surface area (Å²) in [4.78, 5) is 10.3. The lowest BCUT2D eigenvalue weighted by molar-refractivity contribution is 0.126. The van der Waals surface area contributed by atoms with Crippen molar-refractivity contribution in [2.75, 3.05) is 19.8 Å². The van der Waals surface area contributed by atoms with Crippen LogP contribution in [0.4, 0.5) is 4.79 Å². The Labute approximate surface area is 155 Å². The fourth-order valence-corrected chi connectivity index (χ4v) is 2.72. The van der Waals surface area contributed by atoms with E-state index in [-0.39, 0.29) is 0 Å². The highest BCUT2D eigenvalue weighted by Crippen LogP contribution is 2.07. The molecule has 0 aliphatic carbocycles. The molecule has 0 unspecified atom stereocenters. The Morgan fingerprint density at radius 3 is 1.92 bits per heavy atom. The summed E-state index contributed by atoms with van der Waals surface area (Å²) in [6.45, 7) is 4.66. The Morgan fingerprint density at radius 1 is 0.800 bits per heavy atom. The molecule has 4 heteroatoms. The molecule has 1 amide bonds. The molecule has 2 N–H and O–H groups in total. The van der Waals surface area contributed by atoms with Crippen LogP contribution >= 0.6 is 0 Å². The van der Waals surface area contributed by atoms with Crippen molar-refractivity contribution in [1.29, 1.82) is 0 Å². The van der Waals surface area contributed by atoms with Gasteiger partial charge < -0.3 is 15.2 Å². The van der Waals surface area contributed by atoms with Crippen LogP contribution in [0.3, 0.4) is 0 Å². The highest BCUT2D eigenvalue weighted by Gasteiger charge is 1.93. The molecule has 0 atom stereocenters. The molecule has 0 bridgehead atoms. The molecular formula is C21H41NO3. The van der Waals surface area contributed by atoms with Gasteiger partial charge in [-0.25, -0.2) is 4.79 Å². The molecule has 25 heavy (non-hydrogen) atoms. The zero-order chi connectivity index (χ0) is 18.4. The number of ether oxygens (including phenoxy) is 1. The average molecular weight is 356 g/mol. The quantitative estimate of drug-likeness (QED) is 0.211. The maximum atomic E-state index is 10.3. The molecule has 0 radical (unpaired) electrons. The van der Waals surface area contributed by atoms with Gasteiger partial charge in [0.15, 0.2) is 0 Å². The zero-order valence-corrected chi connectivity index (χ0v) is 16.4. The summed E-state index contributed by atoms with van der Waals surface area (Å²) < 4.78 is 5.70. The molecule has 0 aromatic carbocycles. The van der Waals surface area contributed by atoms with Crippen LogP contribution in [0, 0.1) is 0 Å². The fraction of sp³-hybridized carbons (Fsp3) is 0.857. The van der Waals surface area contributed by atoms with Gasteiger partial charge in [0, 0.05) is 19.8 Å². The second kappa shape index (κ2) is 21.0. The molecular weight excluding hydrogens is 314 g/mol. The van der Waals surface area contributed by atoms with Gasteiger partial charge in [-0.3, -0.25) is 0 Å².